The summed E-state index contributed by atoms with van der Waals surface area (Å²) in [4.78, 5) is 13.9. The first-order valence-electron chi connectivity index (χ1n) is 7.70. The fraction of sp³-hybridized carbons (Fsp3) is 0.933. The van der Waals surface area contributed by atoms with Gasteiger partial charge < -0.3 is 19.7 Å². The van der Waals surface area contributed by atoms with Crippen LogP contribution in [0.15, 0.2) is 0 Å². The van der Waals surface area contributed by atoms with Crippen LogP contribution in [0.2, 0.25) is 0 Å². The molecule has 1 amide bonds. The van der Waals surface area contributed by atoms with Gasteiger partial charge in [0.05, 0.1) is 11.7 Å². The monoisotopic (exact) mass is 284 g/mol. The third-order valence-corrected chi connectivity index (χ3v) is 4.02. The zero-order valence-corrected chi connectivity index (χ0v) is 13.2. The van der Waals surface area contributed by atoms with Crippen LogP contribution < -0.4 is 5.32 Å². The van der Waals surface area contributed by atoms with Crippen LogP contribution in [0.3, 0.4) is 0 Å². The summed E-state index contributed by atoms with van der Waals surface area (Å²) in [5.41, 5.74) is -0.514. The van der Waals surface area contributed by atoms with Gasteiger partial charge in [-0.2, -0.15) is 0 Å². The fourth-order valence-corrected chi connectivity index (χ4v) is 2.84. The van der Waals surface area contributed by atoms with Gasteiger partial charge in [-0.15, -0.1) is 0 Å². The van der Waals surface area contributed by atoms with Gasteiger partial charge in [0.15, 0.2) is 0 Å². The van der Waals surface area contributed by atoms with Crippen LogP contribution in [-0.2, 0) is 9.47 Å². The molecule has 0 unspecified atom stereocenters. The Labute approximate surface area is 122 Å². The zero-order valence-electron chi connectivity index (χ0n) is 13.2. The number of ether oxygens (including phenoxy) is 2. The lowest BCUT2D eigenvalue weighted by Gasteiger charge is -2.46. The van der Waals surface area contributed by atoms with Gasteiger partial charge in [0.25, 0.3) is 0 Å². The molecule has 0 radical (unpaired) electrons. The van der Waals surface area contributed by atoms with Gasteiger partial charge in [-0.25, -0.2) is 4.79 Å². The second-order valence-corrected chi connectivity index (χ2v) is 6.93. The number of likely N-dealkylation sites (tertiary alicyclic amines) is 1. The molecule has 2 fully saturated rings. The molecule has 0 aromatic rings. The van der Waals surface area contributed by atoms with E-state index in [2.05, 4.69) is 12.2 Å². The van der Waals surface area contributed by atoms with Crippen molar-refractivity contribution in [2.24, 2.45) is 0 Å². The molecule has 5 heteroatoms. The lowest BCUT2D eigenvalue weighted by molar-refractivity contribution is -0.141. The average molecular weight is 284 g/mol. The van der Waals surface area contributed by atoms with Crippen LogP contribution in [0, 0.1) is 0 Å². The summed E-state index contributed by atoms with van der Waals surface area (Å²) >= 11 is 0. The van der Waals surface area contributed by atoms with Crippen LogP contribution >= 0.6 is 0 Å². The summed E-state index contributed by atoms with van der Waals surface area (Å²) in [6, 6.07) is 0. The number of hydrogen-bond donors (Lipinski definition) is 1. The normalized spacial score (nSPS) is 26.6. The molecule has 1 atom stereocenters. The second-order valence-electron chi connectivity index (χ2n) is 6.93. The Balaban J connectivity index is 1.87. The van der Waals surface area contributed by atoms with Gasteiger partial charge in [-0.05, 0) is 40.0 Å². The van der Waals surface area contributed by atoms with Crippen LogP contribution in [0.4, 0.5) is 4.79 Å². The summed E-state index contributed by atoms with van der Waals surface area (Å²) in [6.07, 6.45) is 2.90. The number of nitrogens with one attached hydrogen (secondary N) is 1. The Morgan fingerprint density at radius 1 is 1.40 bits per heavy atom. The minimum Gasteiger partial charge on any atom is -0.444 e. The van der Waals surface area contributed by atoms with E-state index in [0.717, 1.165) is 32.4 Å². The summed E-state index contributed by atoms with van der Waals surface area (Å²) < 4.78 is 11.7. The van der Waals surface area contributed by atoms with Crippen LogP contribution in [0.25, 0.3) is 0 Å². The van der Waals surface area contributed by atoms with Crippen molar-refractivity contribution in [3.8, 4) is 0 Å². The maximum Gasteiger partial charge on any atom is 0.410 e. The van der Waals surface area contributed by atoms with E-state index < -0.39 is 5.60 Å². The predicted octanol–water partition coefficient (Wildman–Crippen LogP) is 2.15. The highest BCUT2D eigenvalue weighted by molar-refractivity contribution is 5.68. The van der Waals surface area contributed by atoms with Crippen molar-refractivity contribution in [3.05, 3.63) is 0 Å². The quantitative estimate of drug-likeness (QED) is 0.801. The van der Waals surface area contributed by atoms with E-state index in [0.29, 0.717) is 19.2 Å². The number of nitrogens with zero attached hydrogens (tertiary/aromatic N) is 1. The standard InChI is InChI=1S/C15H28N2O3/c1-5-12-10-16-11-15(19-12)6-8-17(9-7-15)13(18)20-14(2,3)4/h12,16H,5-11H2,1-4H3/t12-/m1/s1. The Bertz CT molecular complexity index is 344. The minimum atomic E-state index is -0.428. The SMILES string of the molecule is CC[C@@H]1CNCC2(CCN(C(=O)OC(C)(C)C)CC2)O1. The lowest BCUT2D eigenvalue weighted by atomic mass is 9.89. The molecule has 1 N–H and O–H groups in total. The van der Waals surface area contributed by atoms with Crippen molar-refractivity contribution >= 4 is 6.09 Å². The lowest BCUT2D eigenvalue weighted by Crippen LogP contribution is -2.59. The van der Waals surface area contributed by atoms with Gasteiger partial charge in [-0.3, -0.25) is 0 Å². The van der Waals surface area contributed by atoms with Crippen molar-refractivity contribution in [3.63, 3.8) is 0 Å². The van der Waals surface area contributed by atoms with Gasteiger partial charge in [0.1, 0.15) is 5.60 Å². The molecule has 0 aromatic heterocycles. The molecule has 20 heavy (non-hydrogen) atoms. The summed E-state index contributed by atoms with van der Waals surface area (Å²) in [5, 5.41) is 3.47. The number of carbonyl (C=O) groups is 1. The number of carbonyl (C=O) groups excluding carboxylic acids is 1. The van der Waals surface area contributed by atoms with Gasteiger partial charge >= 0.3 is 6.09 Å². The third kappa shape index (κ3) is 3.85. The number of piperidine rings is 1. The van der Waals surface area contributed by atoms with E-state index in [1.54, 1.807) is 4.90 Å². The Morgan fingerprint density at radius 3 is 2.60 bits per heavy atom. The van der Waals surface area contributed by atoms with Crippen molar-refractivity contribution in [1.29, 1.82) is 0 Å². The van der Waals surface area contributed by atoms with Crippen molar-refractivity contribution in [2.45, 2.75) is 64.3 Å². The van der Waals surface area contributed by atoms with Crippen molar-refractivity contribution in [2.75, 3.05) is 26.2 Å². The summed E-state index contributed by atoms with van der Waals surface area (Å²) in [7, 11) is 0. The summed E-state index contributed by atoms with van der Waals surface area (Å²) in [6.45, 7) is 11.1. The van der Waals surface area contributed by atoms with Crippen molar-refractivity contribution < 1.29 is 14.3 Å². The Kier molecular flexibility index (Phi) is 4.59. The van der Waals surface area contributed by atoms with Crippen LogP contribution in [0.5, 0.6) is 0 Å². The molecule has 0 aliphatic carbocycles. The van der Waals surface area contributed by atoms with Crippen LogP contribution in [0.1, 0.15) is 47.0 Å². The molecule has 2 aliphatic rings. The molecular formula is C15H28N2O3. The molecule has 2 heterocycles. The highest BCUT2D eigenvalue weighted by atomic mass is 16.6. The fourth-order valence-electron chi connectivity index (χ4n) is 2.84. The predicted molar refractivity (Wildman–Crippen MR) is 77.8 cm³/mol. The largest absolute Gasteiger partial charge is 0.444 e. The number of rotatable bonds is 1. The zero-order chi connectivity index (χ0) is 14.8. The highest BCUT2D eigenvalue weighted by Gasteiger charge is 2.41. The molecule has 5 nitrogen and oxygen atoms in total. The number of amides is 1. The van der Waals surface area contributed by atoms with Gasteiger partial charge in [-0.1, -0.05) is 6.92 Å². The summed E-state index contributed by atoms with van der Waals surface area (Å²) in [5.74, 6) is 0. The van der Waals surface area contributed by atoms with Gasteiger partial charge in [0.2, 0.25) is 0 Å². The maximum atomic E-state index is 12.1. The first-order valence-corrected chi connectivity index (χ1v) is 7.70. The van der Waals surface area contributed by atoms with Crippen LogP contribution in [-0.4, -0.2) is 54.5 Å². The first kappa shape index (κ1) is 15.6. The van der Waals surface area contributed by atoms with E-state index in [4.69, 9.17) is 9.47 Å². The number of morpholine rings is 1. The highest BCUT2D eigenvalue weighted by Crippen LogP contribution is 2.30. The molecule has 0 aromatic carbocycles. The molecule has 2 saturated heterocycles. The van der Waals surface area contributed by atoms with E-state index in [1.807, 2.05) is 20.8 Å². The van der Waals surface area contributed by atoms with E-state index in [1.165, 1.54) is 0 Å². The Hall–Kier alpha value is -0.810. The second kappa shape index (κ2) is 5.90. The molecule has 2 aliphatic heterocycles. The van der Waals surface area contributed by atoms with Crippen molar-refractivity contribution in [1.82, 2.24) is 10.2 Å². The topological polar surface area (TPSA) is 50.8 Å². The molecule has 0 bridgehead atoms. The number of hydrogen-bond acceptors (Lipinski definition) is 4. The molecule has 2 rings (SSSR count). The van der Waals surface area contributed by atoms with E-state index in [9.17, 15) is 4.79 Å². The molecule has 0 saturated carbocycles. The Morgan fingerprint density at radius 2 is 2.05 bits per heavy atom. The molecule has 1 spiro atoms. The van der Waals surface area contributed by atoms with E-state index in [-0.39, 0.29) is 11.7 Å². The first-order chi connectivity index (χ1) is 9.34. The molecular weight excluding hydrogens is 256 g/mol. The van der Waals surface area contributed by atoms with E-state index >= 15 is 0 Å². The average Bonchev–Trinajstić information content (AvgIpc) is 2.37. The molecule has 116 valence electrons. The third-order valence-electron chi connectivity index (χ3n) is 4.02. The van der Waals surface area contributed by atoms with Gasteiger partial charge in [0, 0.05) is 26.2 Å². The minimum absolute atomic E-state index is 0.0859. The smallest absolute Gasteiger partial charge is 0.410 e. The maximum absolute atomic E-state index is 12.1.